The second kappa shape index (κ2) is 6.14. The summed E-state index contributed by atoms with van der Waals surface area (Å²) in [6, 6.07) is 4.75. The van der Waals surface area contributed by atoms with Crippen molar-refractivity contribution in [3.63, 3.8) is 0 Å². The number of thiazole rings is 1. The van der Waals surface area contributed by atoms with E-state index in [4.69, 9.17) is 4.74 Å². The van der Waals surface area contributed by atoms with E-state index in [-0.39, 0.29) is 5.69 Å². The maximum atomic E-state index is 11.0. The van der Waals surface area contributed by atoms with E-state index in [1.54, 1.807) is 17.6 Å². The molecule has 0 spiro atoms. The van der Waals surface area contributed by atoms with E-state index in [1.807, 2.05) is 5.38 Å². The molecule has 0 unspecified atom stereocenters. The number of ether oxygens (including phenoxy) is 1. The quantitative estimate of drug-likeness (QED) is 0.649. The fourth-order valence-corrected chi connectivity index (χ4v) is 2.22. The number of nitro groups is 1. The summed E-state index contributed by atoms with van der Waals surface area (Å²) in [5.74, 6) is 0.469. The van der Waals surface area contributed by atoms with E-state index < -0.39 is 4.92 Å². The van der Waals surface area contributed by atoms with Crippen LogP contribution in [0.25, 0.3) is 0 Å². The van der Waals surface area contributed by atoms with Gasteiger partial charge < -0.3 is 10.1 Å². The summed E-state index contributed by atoms with van der Waals surface area (Å²) in [5.41, 5.74) is 3.25. The molecule has 7 heteroatoms. The van der Waals surface area contributed by atoms with Crippen molar-refractivity contribution < 1.29 is 9.66 Å². The summed E-state index contributed by atoms with van der Waals surface area (Å²) in [6.07, 6.45) is 0.729. The van der Waals surface area contributed by atoms with E-state index in [9.17, 15) is 10.1 Å². The Morgan fingerprint density at radius 1 is 1.53 bits per heavy atom. The van der Waals surface area contributed by atoms with Crippen LogP contribution in [0.3, 0.4) is 0 Å². The molecule has 0 aliphatic heterocycles. The van der Waals surface area contributed by atoms with Gasteiger partial charge in [0.25, 0.3) is 5.69 Å². The molecule has 0 saturated heterocycles. The van der Waals surface area contributed by atoms with Crippen molar-refractivity contribution in [3.05, 3.63) is 44.9 Å². The van der Waals surface area contributed by atoms with Crippen molar-refractivity contribution in [1.82, 2.24) is 4.98 Å². The topological polar surface area (TPSA) is 77.3 Å². The number of anilines is 1. The number of methoxy groups -OCH3 is 1. The largest absolute Gasteiger partial charge is 0.496 e. The lowest BCUT2D eigenvalue weighted by Gasteiger charge is -2.07. The van der Waals surface area contributed by atoms with Crippen molar-refractivity contribution in [2.24, 2.45) is 0 Å². The van der Waals surface area contributed by atoms with E-state index >= 15 is 0 Å². The van der Waals surface area contributed by atoms with E-state index in [1.165, 1.54) is 24.5 Å². The van der Waals surface area contributed by atoms with Gasteiger partial charge >= 0.3 is 0 Å². The lowest BCUT2D eigenvalue weighted by atomic mass is 10.2. The van der Waals surface area contributed by atoms with Gasteiger partial charge in [0.05, 0.1) is 29.3 Å². The monoisotopic (exact) mass is 279 g/mol. The number of rotatable bonds is 6. The maximum absolute atomic E-state index is 11.0. The fraction of sp³-hybridized carbons (Fsp3) is 0.250. The molecule has 100 valence electrons. The molecule has 1 heterocycles. The summed E-state index contributed by atoms with van der Waals surface area (Å²) in [6.45, 7) is 0.594. The number of nitrogens with zero attached hydrogens (tertiary/aromatic N) is 2. The molecule has 0 fully saturated rings. The third-order valence-electron chi connectivity index (χ3n) is 2.58. The SMILES string of the molecule is COc1ccc(NCCc2cscn2)c([N+](=O)[O-])c1. The number of benzene rings is 1. The van der Waals surface area contributed by atoms with Crippen LogP contribution in [0.1, 0.15) is 5.69 Å². The Bertz CT molecular complexity index is 557. The van der Waals surface area contributed by atoms with Gasteiger partial charge in [-0.2, -0.15) is 0 Å². The molecule has 0 amide bonds. The number of aromatic nitrogens is 1. The molecule has 1 aromatic heterocycles. The Balaban J connectivity index is 2.04. The first-order valence-electron chi connectivity index (χ1n) is 5.64. The Morgan fingerprint density at radius 3 is 3.00 bits per heavy atom. The van der Waals surface area contributed by atoms with Crippen LogP contribution in [0.2, 0.25) is 0 Å². The zero-order valence-electron chi connectivity index (χ0n) is 10.3. The van der Waals surface area contributed by atoms with Crippen LogP contribution in [0, 0.1) is 10.1 Å². The molecule has 19 heavy (non-hydrogen) atoms. The van der Waals surface area contributed by atoms with Gasteiger partial charge in [-0.25, -0.2) is 4.98 Å². The highest BCUT2D eigenvalue weighted by Crippen LogP contribution is 2.28. The minimum absolute atomic E-state index is 0.0117. The Kier molecular flexibility index (Phi) is 4.30. The molecule has 6 nitrogen and oxygen atoms in total. The van der Waals surface area contributed by atoms with Crippen LogP contribution >= 0.6 is 11.3 Å². The van der Waals surface area contributed by atoms with Gasteiger partial charge in [0, 0.05) is 18.3 Å². The highest BCUT2D eigenvalue weighted by Gasteiger charge is 2.14. The van der Waals surface area contributed by atoms with Gasteiger partial charge in [0.2, 0.25) is 0 Å². The van der Waals surface area contributed by atoms with Gasteiger partial charge in [-0.3, -0.25) is 10.1 Å². The van der Waals surface area contributed by atoms with E-state index in [0.29, 0.717) is 18.0 Å². The molecule has 2 rings (SSSR count). The third kappa shape index (κ3) is 3.41. The second-order valence-electron chi connectivity index (χ2n) is 3.80. The average Bonchev–Trinajstić information content (AvgIpc) is 2.92. The summed E-state index contributed by atoms with van der Waals surface area (Å²) in [7, 11) is 1.48. The van der Waals surface area contributed by atoms with Crippen LogP contribution < -0.4 is 10.1 Å². The molecular weight excluding hydrogens is 266 g/mol. The number of nitro benzene ring substituents is 1. The van der Waals surface area contributed by atoms with Gasteiger partial charge in [-0.15, -0.1) is 11.3 Å². The minimum Gasteiger partial charge on any atom is -0.496 e. The van der Waals surface area contributed by atoms with Gasteiger partial charge in [-0.1, -0.05) is 0 Å². The second-order valence-corrected chi connectivity index (χ2v) is 4.52. The zero-order chi connectivity index (χ0) is 13.7. The summed E-state index contributed by atoms with van der Waals surface area (Å²) >= 11 is 1.54. The molecule has 0 aliphatic carbocycles. The van der Waals surface area contributed by atoms with Crippen molar-refractivity contribution >= 4 is 22.7 Å². The zero-order valence-corrected chi connectivity index (χ0v) is 11.1. The van der Waals surface area contributed by atoms with Crippen LogP contribution in [-0.4, -0.2) is 23.6 Å². The normalized spacial score (nSPS) is 10.2. The lowest BCUT2D eigenvalue weighted by Crippen LogP contribution is -2.07. The first-order chi connectivity index (χ1) is 9.20. The summed E-state index contributed by atoms with van der Waals surface area (Å²) < 4.78 is 4.98. The first-order valence-corrected chi connectivity index (χ1v) is 6.58. The smallest absolute Gasteiger partial charge is 0.296 e. The summed E-state index contributed by atoms with van der Waals surface area (Å²) in [4.78, 5) is 14.7. The fourth-order valence-electron chi connectivity index (χ4n) is 1.63. The molecule has 1 N–H and O–H groups in total. The molecule has 1 aromatic carbocycles. The number of hydrogen-bond donors (Lipinski definition) is 1. The van der Waals surface area contributed by atoms with Crippen LogP contribution in [-0.2, 0) is 6.42 Å². The van der Waals surface area contributed by atoms with Crippen LogP contribution in [0.4, 0.5) is 11.4 Å². The molecule has 2 aromatic rings. The average molecular weight is 279 g/mol. The van der Waals surface area contributed by atoms with Gasteiger partial charge in [0.15, 0.2) is 0 Å². The molecule has 0 bridgehead atoms. The molecule has 0 aliphatic rings. The predicted molar refractivity (Wildman–Crippen MR) is 74.0 cm³/mol. The Hall–Kier alpha value is -2.15. The number of nitrogens with one attached hydrogen (secondary N) is 1. The highest BCUT2D eigenvalue weighted by atomic mass is 32.1. The van der Waals surface area contributed by atoms with Crippen molar-refractivity contribution in [3.8, 4) is 5.75 Å². The maximum Gasteiger partial charge on any atom is 0.296 e. The van der Waals surface area contributed by atoms with E-state index in [0.717, 1.165) is 12.1 Å². The standard InChI is InChI=1S/C12H13N3O3S/c1-18-10-2-3-11(12(6-10)15(16)17)13-5-4-9-7-19-8-14-9/h2-3,6-8,13H,4-5H2,1H3. The Morgan fingerprint density at radius 2 is 2.37 bits per heavy atom. The lowest BCUT2D eigenvalue weighted by molar-refractivity contribution is -0.384. The van der Waals surface area contributed by atoms with Crippen molar-refractivity contribution in [1.29, 1.82) is 0 Å². The third-order valence-corrected chi connectivity index (χ3v) is 3.22. The molecule has 0 saturated carbocycles. The molecular formula is C12H13N3O3S. The van der Waals surface area contributed by atoms with Crippen molar-refractivity contribution in [2.45, 2.75) is 6.42 Å². The van der Waals surface area contributed by atoms with Crippen molar-refractivity contribution in [2.75, 3.05) is 19.0 Å². The molecule has 0 atom stereocenters. The minimum atomic E-state index is -0.423. The number of hydrogen-bond acceptors (Lipinski definition) is 6. The van der Waals surface area contributed by atoms with E-state index in [2.05, 4.69) is 10.3 Å². The highest BCUT2D eigenvalue weighted by molar-refractivity contribution is 7.07. The van der Waals surface area contributed by atoms with Crippen LogP contribution in [0.15, 0.2) is 29.1 Å². The van der Waals surface area contributed by atoms with Crippen LogP contribution in [0.5, 0.6) is 5.75 Å². The molecule has 0 radical (unpaired) electrons. The van der Waals surface area contributed by atoms with Gasteiger partial charge in [-0.05, 0) is 12.1 Å². The van der Waals surface area contributed by atoms with Gasteiger partial charge in [0.1, 0.15) is 11.4 Å². The Labute approximate surface area is 114 Å². The first kappa shape index (κ1) is 13.3. The predicted octanol–water partition coefficient (Wildman–Crippen LogP) is 2.71. The summed E-state index contributed by atoms with van der Waals surface area (Å²) in [5, 5.41) is 16.0.